The molecule has 0 aromatic heterocycles. The molecule has 0 unspecified atom stereocenters. The average Bonchev–Trinajstić information content (AvgIpc) is 3.37. The average molecular weight is 378 g/mol. The summed E-state index contributed by atoms with van der Waals surface area (Å²) < 4.78 is 6.24. The fourth-order valence-corrected chi connectivity index (χ4v) is 7.59. The van der Waals surface area contributed by atoms with Gasteiger partial charge in [0.15, 0.2) is 6.61 Å². The molecule has 1 amide bonds. The van der Waals surface area contributed by atoms with Gasteiger partial charge in [0.2, 0.25) is 0 Å². The first-order chi connectivity index (χ1) is 12.2. The summed E-state index contributed by atoms with van der Waals surface area (Å²) in [5.74, 6) is 5.66. The third-order valence-electron chi connectivity index (χ3n) is 5.97. The second-order valence-electron chi connectivity index (χ2n) is 7.63. The van der Waals surface area contributed by atoms with Gasteiger partial charge in [-0.1, -0.05) is 18.6 Å². The van der Waals surface area contributed by atoms with Crippen molar-refractivity contribution in [2.75, 3.05) is 18.1 Å². The largest absolute Gasteiger partial charge is 0.484 e. The van der Waals surface area contributed by atoms with Crippen molar-refractivity contribution in [3.63, 3.8) is 0 Å². The highest BCUT2D eigenvalue weighted by Gasteiger charge is 2.42. The molecule has 1 aromatic rings. The number of hydrogen-bond donors (Lipinski definition) is 1. The lowest BCUT2D eigenvalue weighted by Crippen LogP contribution is -2.42. The normalized spacial score (nSPS) is 29.7. The number of amides is 1. The monoisotopic (exact) mass is 377 g/mol. The standard InChI is InChI=1S/C20H27NO2S2/c1-13(18-11-14-2-3-16(18)10-14)21-19(22)12-23-17-6-4-15(5-7-17)20-24-8-9-25-20/h4-7,13-14,16,18,20H,2-3,8-12H2,1H3,(H,21,22)/t13-,14-,16-,18+/m0/s1. The maximum atomic E-state index is 12.2. The van der Waals surface area contributed by atoms with Crippen molar-refractivity contribution in [2.24, 2.45) is 17.8 Å². The van der Waals surface area contributed by atoms with Crippen molar-refractivity contribution in [3.05, 3.63) is 29.8 Å². The Balaban J connectivity index is 1.23. The first-order valence-corrected chi connectivity index (χ1v) is 11.5. The second-order valence-corrected chi connectivity index (χ2v) is 10.4. The molecule has 5 heteroatoms. The van der Waals surface area contributed by atoms with E-state index in [1.54, 1.807) is 0 Å². The van der Waals surface area contributed by atoms with Gasteiger partial charge >= 0.3 is 0 Å². The van der Waals surface area contributed by atoms with Crippen LogP contribution in [-0.4, -0.2) is 30.1 Å². The molecule has 0 spiro atoms. The van der Waals surface area contributed by atoms with Gasteiger partial charge < -0.3 is 10.1 Å². The van der Waals surface area contributed by atoms with Gasteiger partial charge in [-0.25, -0.2) is 0 Å². The molecule has 2 bridgehead atoms. The first-order valence-electron chi connectivity index (χ1n) is 9.44. The van der Waals surface area contributed by atoms with E-state index in [0.717, 1.165) is 17.6 Å². The number of benzene rings is 1. The van der Waals surface area contributed by atoms with Crippen molar-refractivity contribution < 1.29 is 9.53 Å². The molecule has 1 N–H and O–H groups in total. The lowest BCUT2D eigenvalue weighted by molar-refractivity contribution is -0.124. The van der Waals surface area contributed by atoms with Crippen LogP contribution in [-0.2, 0) is 4.79 Å². The molecule has 4 atom stereocenters. The fourth-order valence-electron chi connectivity index (χ4n) is 4.73. The van der Waals surface area contributed by atoms with Crippen molar-refractivity contribution >= 4 is 29.4 Å². The molecule has 25 heavy (non-hydrogen) atoms. The molecule has 136 valence electrons. The van der Waals surface area contributed by atoms with E-state index in [1.165, 1.54) is 42.8 Å². The number of hydrogen-bond acceptors (Lipinski definition) is 4. The van der Waals surface area contributed by atoms with E-state index >= 15 is 0 Å². The number of carbonyl (C=O) groups excluding carboxylic acids is 1. The van der Waals surface area contributed by atoms with Crippen LogP contribution < -0.4 is 10.1 Å². The van der Waals surface area contributed by atoms with Crippen LogP contribution in [0.1, 0.15) is 42.8 Å². The van der Waals surface area contributed by atoms with E-state index in [1.807, 2.05) is 35.7 Å². The predicted molar refractivity (Wildman–Crippen MR) is 106 cm³/mol. The topological polar surface area (TPSA) is 38.3 Å². The Hall–Kier alpha value is -0.810. The minimum Gasteiger partial charge on any atom is -0.484 e. The fraction of sp³-hybridized carbons (Fsp3) is 0.650. The second kappa shape index (κ2) is 7.83. The minimum atomic E-state index is 0.00116. The van der Waals surface area contributed by atoms with Crippen molar-refractivity contribution in [2.45, 2.75) is 43.2 Å². The Morgan fingerprint density at radius 1 is 1.20 bits per heavy atom. The van der Waals surface area contributed by atoms with E-state index in [-0.39, 0.29) is 18.6 Å². The van der Waals surface area contributed by atoms with Crippen LogP contribution in [0.3, 0.4) is 0 Å². The zero-order valence-electron chi connectivity index (χ0n) is 14.8. The van der Waals surface area contributed by atoms with Crippen LogP contribution in [0.15, 0.2) is 24.3 Å². The molecule has 1 aromatic carbocycles. The molecule has 1 aliphatic heterocycles. The van der Waals surface area contributed by atoms with E-state index in [2.05, 4.69) is 24.4 Å². The highest BCUT2D eigenvalue weighted by Crippen LogP contribution is 2.49. The SMILES string of the molecule is C[C@H](NC(=O)COc1ccc(C2SCCS2)cc1)[C@H]1C[C@H]2CC[C@H]1C2. The van der Waals surface area contributed by atoms with Crippen molar-refractivity contribution in [1.29, 1.82) is 0 Å². The van der Waals surface area contributed by atoms with Crippen LogP contribution in [0.5, 0.6) is 5.75 Å². The summed E-state index contributed by atoms with van der Waals surface area (Å²) in [4.78, 5) is 12.2. The summed E-state index contributed by atoms with van der Waals surface area (Å²) in [6.45, 7) is 2.27. The van der Waals surface area contributed by atoms with Crippen molar-refractivity contribution in [1.82, 2.24) is 5.32 Å². The van der Waals surface area contributed by atoms with Gasteiger partial charge in [-0.05, 0) is 61.6 Å². The molecule has 3 nitrogen and oxygen atoms in total. The molecule has 3 aliphatic rings. The van der Waals surface area contributed by atoms with Gasteiger partial charge in [-0.15, -0.1) is 23.5 Å². The molecule has 2 aliphatic carbocycles. The summed E-state index contributed by atoms with van der Waals surface area (Å²) in [6.07, 6.45) is 5.44. The van der Waals surface area contributed by atoms with E-state index in [4.69, 9.17) is 4.74 Å². The Morgan fingerprint density at radius 3 is 2.60 bits per heavy atom. The number of fused-ring (bicyclic) bond motifs is 2. The quantitative estimate of drug-likeness (QED) is 0.793. The zero-order valence-corrected chi connectivity index (χ0v) is 16.4. The molecular weight excluding hydrogens is 350 g/mol. The Labute approximate surface area is 159 Å². The van der Waals surface area contributed by atoms with Gasteiger partial charge in [-0.3, -0.25) is 4.79 Å². The lowest BCUT2D eigenvalue weighted by Gasteiger charge is -2.28. The highest BCUT2D eigenvalue weighted by molar-refractivity contribution is 8.19. The first kappa shape index (κ1) is 17.6. The van der Waals surface area contributed by atoms with E-state index in [9.17, 15) is 4.79 Å². The zero-order chi connectivity index (χ0) is 17.2. The van der Waals surface area contributed by atoms with Crippen LogP contribution in [0.2, 0.25) is 0 Å². The molecule has 3 fully saturated rings. The summed E-state index contributed by atoms with van der Waals surface area (Å²) in [5.41, 5.74) is 1.34. The highest BCUT2D eigenvalue weighted by atomic mass is 32.2. The number of ether oxygens (including phenoxy) is 1. The van der Waals surface area contributed by atoms with Crippen LogP contribution in [0.25, 0.3) is 0 Å². The smallest absolute Gasteiger partial charge is 0.258 e. The number of nitrogens with one attached hydrogen (secondary N) is 1. The number of carbonyl (C=O) groups is 1. The maximum absolute atomic E-state index is 12.2. The molecule has 1 saturated heterocycles. The van der Waals surface area contributed by atoms with Crippen molar-refractivity contribution in [3.8, 4) is 5.75 Å². The van der Waals surface area contributed by atoms with Crippen LogP contribution in [0.4, 0.5) is 0 Å². The van der Waals surface area contributed by atoms with Gasteiger partial charge in [0.05, 0.1) is 4.58 Å². The molecule has 4 rings (SSSR count). The van der Waals surface area contributed by atoms with Gasteiger partial charge in [-0.2, -0.15) is 0 Å². The van der Waals surface area contributed by atoms with Crippen LogP contribution >= 0.6 is 23.5 Å². The molecule has 2 saturated carbocycles. The molecule has 1 heterocycles. The summed E-state index contributed by atoms with van der Waals surface area (Å²) >= 11 is 4.00. The summed E-state index contributed by atoms with van der Waals surface area (Å²) in [7, 11) is 0. The third kappa shape index (κ3) is 4.13. The maximum Gasteiger partial charge on any atom is 0.258 e. The van der Waals surface area contributed by atoms with E-state index < -0.39 is 0 Å². The Morgan fingerprint density at radius 2 is 1.96 bits per heavy atom. The van der Waals surface area contributed by atoms with Gasteiger partial charge in [0.25, 0.3) is 5.91 Å². The Kier molecular flexibility index (Phi) is 5.51. The van der Waals surface area contributed by atoms with E-state index in [0.29, 0.717) is 10.5 Å². The van der Waals surface area contributed by atoms with Gasteiger partial charge in [0, 0.05) is 17.5 Å². The molecular formula is C20H27NO2S2. The number of rotatable bonds is 6. The third-order valence-corrected chi connectivity index (χ3v) is 9.07. The lowest BCUT2D eigenvalue weighted by atomic mass is 9.84. The predicted octanol–water partition coefficient (Wildman–Crippen LogP) is 4.48. The Bertz CT molecular complexity index is 600. The summed E-state index contributed by atoms with van der Waals surface area (Å²) in [5, 5.41) is 3.16. The number of thioether (sulfide) groups is 2. The minimum absolute atomic E-state index is 0.00116. The van der Waals surface area contributed by atoms with Crippen LogP contribution in [0, 0.1) is 17.8 Å². The summed E-state index contributed by atoms with van der Waals surface area (Å²) in [6, 6.07) is 8.50. The molecule has 0 radical (unpaired) electrons. The van der Waals surface area contributed by atoms with Gasteiger partial charge in [0.1, 0.15) is 5.75 Å².